The molecular weight excluding hydrogens is 670 g/mol. The van der Waals surface area contributed by atoms with E-state index < -0.39 is 8.80 Å². The van der Waals surface area contributed by atoms with Crippen LogP contribution in [0.25, 0.3) is 0 Å². The predicted molar refractivity (Wildman–Crippen MR) is 36.6 cm³/mol. The molecular formula is C5H12O3SiY6. The van der Waals surface area contributed by atoms with Crippen LogP contribution in [0.4, 0.5) is 0 Å². The van der Waals surface area contributed by atoms with E-state index in [2.05, 4.69) is 0 Å². The van der Waals surface area contributed by atoms with Crippen molar-refractivity contribution in [3.05, 3.63) is 12.2 Å². The molecule has 0 aromatic carbocycles. The fourth-order valence-electron chi connectivity index (χ4n) is 0.408. The van der Waals surface area contributed by atoms with Gasteiger partial charge in [-0.2, -0.15) is 0 Å². The molecule has 0 spiro atoms. The van der Waals surface area contributed by atoms with E-state index in [1.807, 2.05) is 6.92 Å². The van der Waals surface area contributed by atoms with Crippen LogP contribution in [0, 0.1) is 0 Å². The largest absolute Gasteiger partial charge is 0.496 e. The molecule has 0 atom stereocenters. The van der Waals surface area contributed by atoms with Crippen molar-refractivity contribution in [1.82, 2.24) is 0 Å². The minimum Gasteiger partial charge on any atom is -0.390 e. The minimum absolute atomic E-state index is 0. The van der Waals surface area contributed by atoms with Crippen molar-refractivity contribution in [2.75, 3.05) is 0 Å². The van der Waals surface area contributed by atoms with Gasteiger partial charge in [-0.3, -0.25) is 0 Å². The van der Waals surface area contributed by atoms with E-state index in [9.17, 15) is 0 Å². The Kier molecular flexibility index (Phi) is 81.9. The molecule has 0 aromatic heterocycles. The average Bonchev–Trinajstić information content (AvgIpc) is 1.63. The summed E-state index contributed by atoms with van der Waals surface area (Å²) in [4.78, 5) is 25.3. The molecule has 0 saturated carbocycles. The molecule has 15 heavy (non-hydrogen) atoms. The van der Waals surface area contributed by atoms with E-state index in [4.69, 9.17) is 14.4 Å². The zero-order valence-electron chi connectivity index (χ0n) is 8.87. The summed E-state index contributed by atoms with van der Waals surface area (Å²) in [5.74, 6) is 0. The van der Waals surface area contributed by atoms with Gasteiger partial charge in [0.15, 0.2) is 0 Å². The Morgan fingerprint density at radius 1 is 0.800 bits per heavy atom. The monoisotopic (exact) mass is 681 g/mol. The second kappa shape index (κ2) is 28.6. The summed E-state index contributed by atoms with van der Waals surface area (Å²) in [5, 5.41) is 0. The molecule has 72 valence electrons. The van der Waals surface area contributed by atoms with Crippen molar-refractivity contribution in [3.63, 3.8) is 0 Å². The van der Waals surface area contributed by atoms with Crippen LogP contribution in [0.5, 0.6) is 0 Å². The summed E-state index contributed by atoms with van der Waals surface area (Å²) in [5.41, 5.74) is 0. The van der Waals surface area contributed by atoms with E-state index in [0.29, 0.717) is 0 Å². The van der Waals surface area contributed by atoms with Crippen LogP contribution >= 0.6 is 0 Å². The van der Waals surface area contributed by atoms with Crippen molar-refractivity contribution in [1.29, 1.82) is 0 Å². The first kappa shape index (κ1) is 43.0. The molecule has 0 aromatic rings. The van der Waals surface area contributed by atoms with Gasteiger partial charge < -0.3 is 14.4 Å². The number of hydrogen-bond donors (Lipinski definition) is 3. The smallest absolute Gasteiger partial charge is 0.390 e. The summed E-state index contributed by atoms with van der Waals surface area (Å²) < 4.78 is 0. The molecule has 0 aliphatic heterocycles. The molecule has 3 nitrogen and oxygen atoms in total. The van der Waals surface area contributed by atoms with Gasteiger partial charge in [0.05, 0.1) is 0 Å². The summed E-state index contributed by atoms with van der Waals surface area (Å²) in [6.07, 6.45) is 4.21. The van der Waals surface area contributed by atoms with Gasteiger partial charge in [-0.15, -0.1) is 0 Å². The van der Waals surface area contributed by atoms with Gasteiger partial charge in [0.25, 0.3) is 0 Å². The Morgan fingerprint density at radius 2 is 1.13 bits per heavy atom. The number of hydrogen-bond acceptors (Lipinski definition) is 3. The maximum absolute atomic E-state index is 8.44. The van der Waals surface area contributed by atoms with E-state index >= 15 is 0 Å². The zero-order chi connectivity index (χ0) is 7.33. The van der Waals surface area contributed by atoms with Crippen LogP contribution in [0.15, 0.2) is 12.2 Å². The first-order valence-electron chi connectivity index (χ1n) is 2.88. The second-order valence-corrected chi connectivity index (χ2v) is 3.82. The van der Waals surface area contributed by atoms with Crippen LogP contribution in [0.1, 0.15) is 13.3 Å². The topological polar surface area (TPSA) is 60.7 Å². The third kappa shape index (κ3) is 44.9. The quantitative estimate of drug-likeness (QED) is 0.287. The summed E-state index contributed by atoms with van der Waals surface area (Å²) in [6, 6.07) is 0.000833. The van der Waals surface area contributed by atoms with Gasteiger partial charge in [0.2, 0.25) is 0 Å². The second-order valence-electron chi connectivity index (χ2n) is 1.86. The van der Waals surface area contributed by atoms with Crippen molar-refractivity contribution < 1.29 is 211 Å². The molecule has 3 N–H and O–H groups in total. The maximum atomic E-state index is 8.44. The van der Waals surface area contributed by atoms with Crippen molar-refractivity contribution in [3.8, 4) is 0 Å². The molecule has 0 aliphatic rings. The first-order chi connectivity index (χ1) is 4.06. The molecule has 0 unspecified atom stereocenters. The van der Waals surface area contributed by atoms with E-state index in [-0.39, 0.29) is 202 Å². The van der Waals surface area contributed by atoms with Crippen LogP contribution in [-0.2, 0) is 196 Å². The summed E-state index contributed by atoms with van der Waals surface area (Å²) >= 11 is 0. The third-order valence-corrected chi connectivity index (χ3v) is 1.58. The molecule has 0 amide bonds. The van der Waals surface area contributed by atoms with E-state index in [0.717, 1.165) is 6.42 Å². The van der Waals surface area contributed by atoms with E-state index in [1.54, 1.807) is 12.2 Å². The fourth-order valence-corrected chi connectivity index (χ4v) is 0.891. The zero-order valence-corrected chi connectivity index (χ0v) is 26.9. The molecule has 0 heterocycles. The van der Waals surface area contributed by atoms with Crippen LogP contribution in [-0.4, -0.2) is 23.2 Å². The maximum Gasteiger partial charge on any atom is 0.496 e. The molecule has 0 saturated heterocycles. The predicted octanol–water partition coefficient (Wildman–Crippen LogP) is -0.147. The van der Waals surface area contributed by atoms with Crippen LogP contribution < -0.4 is 0 Å². The number of rotatable bonds is 3. The van der Waals surface area contributed by atoms with Gasteiger partial charge >= 0.3 is 8.80 Å². The molecule has 0 rings (SSSR count). The Bertz CT molecular complexity index is 109. The Balaban J connectivity index is -0.0000000213. The molecule has 6 radical (unpaired) electrons. The fraction of sp³-hybridized carbons (Fsp3) is 0.600. The Morgan fingerprint density at radius 3 is 1.33 bits per heavy atom. The molecule has 0 fully saturated rings. The van der Waals surface area contributed by atoms with Crippen LogP contribution in [0.3, 0.4) is 0 Å². The Hall–Kier alpha value is 6.46. The van der Waals surface area contributed by atoms with Gasteiger partial charge in [-0.1, -0.05) is 19.1 Å². The third-order valence-electron chi connectivity index (χ3n) is 0.794. The van der Waals surface area contributed by atoms with Crippen molar-refractivity contribution >= 4 is 8.80 Å². The first-order valence-corrected chi connectivity index (χ1v) is 4.93. The normalized spacial score (nSPS) is 7.73. The van der Waals surface area contributed by atoms with Gasteiger partial charge in [-0.05, 0) is 6.42 Å². The van der Waals surface area contributed by atoms with Crippen molar-refractivity contribution in [2.45, 2.75) is 19.4 Å². The van der Waals surface area contributed by atoms with Crippen molar-refractivity contribution in [2.24, 2.45) is 0 Å². The Labute approximate surface area is 244 Å². The SMILES string of the molecule is CC/C=C/C[Si](O)(O)O.[Y].[Y].[Y].[Y].[Y].[Y]. The van der Waals surface area contributed by atoms with Gasteiger partial charge in [0.1, 0.15) is 0 Å². The standard InChI is InChI=1S/C5H12O3Si.6Y/c1-2-3-4-5-9(6,7)8;;;;;;/h3-4,6-8H,2,5H2,1H3;;;;;;/b4-3+;;;;;;. The average molecular weight is 682 g/mol. The van der Waals surface area contributed by atoms with E-state index in [1.165, 1.54) is 0 Å². The molecule has 10 heteroatoms. The summed E-state index contributed by atoms with van der Waals surface area (Å²) in [7, 11) is -3.78. The minimum atomic E-state index is -3.78. The summed E-state index contributed by atoms with van der Waals surface area (Å²) in [6.45, 7) is 1.94. The molecule has 0 aliphatic carbocycles. The van der Waals surface area contributed by atoms with Crippen LogP contribution in [0.2, 0.25) is 6.04 Å². The van der Waals surface area contributed by atoms with Gasteiger partial charge in [0, 0.05) is 202 Å². The molecule has 0 bridgehead atoms. The van der Waals surface area contributed by atoms with Gasteiger partial charge in [-0.25, -0.2) is 0 Å². The number of allylic oxidation sites excluding steroid dienone is 2.